The van der Waals surface area contributed by atoms with Crippen LogP contribution in [0.25, 0.3) is 0 Å². The Morgan fingerprint density at radius 1 is 1.57 bits per heavy atom. The Morgan fingerprint density at radius 2 is 2.43 bits per heavy atom. The first kappa shape index (κ1) is 9.24. The molecule has 14 heavy (non-hydrogen) atoms. The average Bonchev–Trinajstić information content (AvgIpc) is 2.18. The van der Waals surface area contributed by atoms with Crippen LogP contribution < -0.4 is 10.6 Å². The summed E-state index contributed by atoms with van der Waals surface area (Å²) in [4.78, 5) is 6.09. The van der Waals surface area contributed by atoms with Crippen LogP contribution in [0.3, 0.4) is 0 Å². The minimum Gasteiger partial charge on any atom is -0.396 e. The number of anilines is 2. The number of pyridine rings is 1. The largest absolute Gasteiger partial charge is 0.396 e. The van der Waals surface area contributed by atoms with Gasteiger partial charge in [0.25, 0.3) is 0 Å². The first-order valence-corrected chi connectivity index (χ1v) is 4.87. The van der Waals surface area contributed by atoms with Crippen molar-refractivity contribution >= 4 is 11.5 Å². The summed E-state index contributed by atoms with van der Waals surface area (Å²) in [5.74, 6) is 0.717. The van der Waals surface area contributed by atoms with Crippen LogP contribution in [0.4, 0.5) is 15.9 Å². The highest BCUT2D eigenvalue weighted by Crippen LogP contribution is 2.23. The summed E-state index contributed by atoms with van der Waals surface area (Å²) in [6, 6.07) is 3.58. The van der Waals surface area contributed by atoms with Crippen molar-refractivity contribution in [1.82, 2.24) is 4.98 Å². The summed E-state index contributed by atoms with van der Waals surface area (Å²) in [6.07, 6.45) is 2.47. The van der Waals surface area contributed by atoms with Crippen LogP contribution in [0.15, 0.2) is 18.3 Å². The van der Waals surface area contributed by atoms with Gasteiger partial charge in [0, 0.05) is 12.7 Å². The van der Waals surface area contributed by atoms with Gasteiger partial charge in [-0.15, -0.1) is 0 Å². The normalized spacial score (nSPS) is 22.4. The fourth-order valence-electron chi connectivity index (χ4n) is 1.79. The zero-order chi connectivity index (χ0) is 9.97. The lowest BCUT2D eigenvalue weighted by atomic mass is 10.1. The fraction of sp³-hybridized carbons (Fsp3) is 0.500. The third-order valence-corrected chi connectivity index (χ3v) is 2.48. The van der Waals surface area contributed by atoms with E-state index in [1.165, 1.54) is 0 Å². The SMILES string of the molecule is Nc1cccnc1N1CCC[C@@H](F)C1. The highest BCUT2D eigenvalue weighted by atomic mass is 19.1. The van der Waals surface area contributed by atoms with Gasteiger partial charge in [-0.1, -0.05) is 0 Å². The second-order valence-corrected chi connectivity index (χ2v) is 3.60. The molecule has 0 saturated carbocycles. The fourth-order valence-corrected chi connectivity index (χ4v) is 1.79. The smallest absolute Gasteiger partial charge is 0.151 e. The van der Waals surface area contributed by atoms with Crippen molar-refractivity contribution in [1.29, 1.82) is 0 Å². The molecule has 4 heteroatoms. The lowest BCUT2D eigenvalue weighted by Crippen LogP contribution is -2.37. The molecule has 1 aliphatic rings. The molecule has 1 aromatic rings. The molecular formula is C10H14FN3. The topological polar surface area (TPSA) is 42.1 Å². The molecule has 1 fully saturated rings. The molecule has 0 bridgehead atoms. The van der Waals surface area contributed by atoms with Gasteiger partial charge in [0.2, 0.25) is 0 Å². The molecule has 0 spiro atoms. The van der Waals surface area contributed by atoms with E-state index in [1.54, 1.807) is 18.3 Å². The van der Waals surface area contributed by atoms with Crippen molar-refractivity contribution in [2.75, 3.05) is 23.7 Å². The number of aromatic nitrogens is 1. The molecule has 1 atom stereocenters. The summed E-state index contributed by atoms with van der Waals surface area (Å²) < 4.78 is 13.1. The van der Waals surface area contributed by atoms with Gasteiger partial charge < -0.3 is 10.6 Å². The zero-order valence-electron chi connectivity index (χ0n) is 7.99. The van der Waals surface area contributed by atoms with Gasteiger partial charge in [-0.2, -0.15) is 0 Å². The van der Waals surface area contributed by atoms with Crippen molar-refractivity contribution in [3.8, 4) is 0 Å². The lowest BCUT2D eigenvalue weighted by Gasteiger charge is -2.30. The Morgan fingerprint density at radius 3 is 3.14 bits per heavy atom. The highest BCUT2D eigenvalue weighted by Gasteiger charge is 2.21. The maximum absolute atomic E-state index is 13.1. The van der Waals surface area contributed by atoms with E-state index in [-0.39, 0.29) is 0 Å². The molecule has 0 radical (unpaired) electrons. The van der Waals surface area contributed by atoms with Crippen molar-refractivity contribution in [2.24, 2.45) is 0 Å². The molecular weight excluding hydrogens is 181 g/mol. The Kier molecular flexibility index (Phi) is 2.52. The van der Waals surface area contributed by atoms with E-state index in [0.29, 0.717) is 18.7 Å². The van der Waals surface area contributed by atoms with Crippen molar-refractivity contribution in [2.45, 2.75) is 19.0 Å². The molecule has 76 valence electrons. The quantitative estimate of drug-likeness (QED) is 0.740. The van der Waals surface area contributed by atoms with Crippen molar-refractivity contribution in [3.63, 3.8) is 0 Å². The van der Waals surface area contributed by atoms with Gasteiger partial charge in [-0.05, 0) is 25.0 Å². The van der Waals surface area contributed by atoms with Crippen LogP contribution >= 0.6 is 0 Å². The number of rotatable bonds is 1. The molecule has 2 N–H and O–H groups in total. The minimum absolute atomic E-state index is 0.418. The Hall–Kier alpha value is -1.32. The summed E-state index contributed by atoms with van der Waals surface area (Å²) in [7, 11) is 0. The molecule has 2 heterocycles. The maximum Gasteiger partial charge on any atom is 0.151 e. The van der Waals surface area contributed by atoms with Gasteiger partial charge in [0.05, 0.1) is 12.2 Å². The van der Waals surface area contributed by atoms with Crippen LogP contribution in [0, 0.1) is 0 Å². The molecule has 1 aromatic heterocycles. The van der Waals surface area contributed by atoms with E-state index < -0.39 is 6.17 Å². The average molecular weight is 195 g/mol. The predicted octanol–water partition coefficient (Wildman–Crippen LogP) is 1.60. The first-order valence-electron chi connectivity index (χ1n) is 4.87. The van der Waals surface area contributed by atoms with Crippen molar-refractivity contribution < 1.29 is 4.39 Å². The second kappa shape index (κ2) is 3.82. The monoisotopic (exact) mass is 195 g/mol. The molecule has 0 unspecified atom stereocenters. The van der Waals surface area contributed by atoms with E-state index in [0.717, 1.165) is 18.8 Å². The third-order valence-electron chi connectivity index (χ3n) is 2.48. The van der Waals surface area contributed by atoms with E-state index in [9.17, 15) is 4.39 Å². The summed E-state index contributed by atoms with van der Waals surface area (Å²) in [5.41, 5.74) is 6.40. The number of alkyl halides is 1. The Labute approximate surface area is 82.7 Å². The number of halogens is 1. The van der Waals surface area contributed by atoms with Crippen LogP contribution in [0.5, 0.6) is 0 Å². The summed E-state index contributed by atoms with van der Waals surface area (Å²) >= 11 is 0. The van der Waals surface area contributed by atoms with Crippen molar-refractivity contribution in [3.05, 3.63) is 18.3 Å². The van der Waals surface area contributed by atoms with E-state index >= 15 is 0 Å². The standard InChI is InChI=1S/C10H14FN3/c11-8-3-2-6-14(7-8)10-9(12)4-1-5-13-10/h1,4-5,8H,2-3,6-7,12H2/t8-/m1/s1. The Balaban J connectivity index is 2.18. The molecule has 0 amide bonds. The van der Waals surface area contributed by atoms with Gasteiger partial charge in [-0.25, -0.2) is 9.37 Å². The van der Waals surface area contributed by atoms with E-state index in [4.69, 9.17) is 5.73 Å². The van der Waals surface area contributed by atoms with Crippen LogP contribution in [-0.4, -0.2) is 24.2 Å². The van der Waals surface area contributed by atoms with Gasteiger partial charge in [0.1, 0.15) is 6.17 Å². The van der Waals surface area contributed by atoms with Crippen LogP contribution in [-0.2, 0) is 0 Å². The number of nitrogens with zero attached hydrogens (tertiary/aromatic N) is 2. The molecule has 0 aromatic carbocycles. The van der Waals surface area contributed by atoms with Crippen LogP contribution in [0.1, 0.15) is 12.8 Å². The second-order valence-electron chi connectivity index (χ2n) is 3.60. The van der Waals surface area contributed by atoms with E-state index in [2.05, 4.69) is 4.98 Å². The van der Waals surface area contributed by atoms with Gasteiger partial charge in [0.15, 0.2) is 5.82 Å². The molecule has 0 aliphatic carbocycles. The first-order chi connectivity index (χ1) is 6.77. The van der Waals surface area contributed by atoms with Crippen LogP contribution in [0.2, 0.25) is 0 Å². The number of nitrogens with two attached hydrogens (primary N) is 1. The minimum atomic E-state index is -0.745. The third kappa shape index (κ3) is 1.78. The molecule has 1 aliphatic heterocycles. The Bertz CT molecular complexity index is 316. The highest BCUT2D eigenvalue weighted by molar-refractivity contribution is 5.62. The zero-order valence-corrected chi connectivity index (χ0v) is 7.99. The van der Waals surface area contributed by atoms with E-state index in [1.807, 2.05) is 4.90 Å². The number of hydrogen-bond donors (Lipinski definition) is 1. The number of hydrogen-bond acceptors (Lipinski definition) is 3. The number of piperidine rings is 1. The van der Waals surface area contributed by atoms with Gasteiger partial charge >= 0.3 is 0 Å². The maximum atomic E-state index is 13.1. The molecule has 1 saturated heterocycles. The predicted molar refractivity (Wildman–Crippen MR) is 55.0 cm³/mol. The molecule has 3 nitrogen and oxygen atoms in total. The van der Waals surface area contributed by atoms with Gasteiger partial charge in [-0.3, -0.25) is 0 Å². The summed E-state index contributed by atoms with van der Waals surface area (Å²) in [6.45, 7) is 1.27. The lowest BCUT2D eigenvalue weighted by molar-refractivity contribution is 0.286. The summed E-state index contributed by atoms with van der Waals surface area (Å²) in [5, 5.41) is 0. The number of nitrogen functional groups attached to an aromatic ring is 1. The molecule has 2 rings (SSSR count).